The molecule has 0 unspecified atom stereocenters. The van der Waals surface area contributed by atoms with Crippen molar-refractivity contribution in [1.29, 1.82) is 0 Å². The van der Waals surface area contributed by atoms with Crippen LogP contribution in [-0.2, 0) is 4.79 Å². The largest absolute Gasteiger partial charge is 0.335 e. The van der Waals surface area contributed by atoms with E-state index in [-0.39, 0.29) is 11.4 Å². The molecule has 9 nitrogen and oxygen atoms in total. The number of nitrogens with zero attached hydrogens (tertiary/aromatic N) is 5. The molecule has 5 aromatic heterocycles. The molecule has 0 radical (unpaired) electrons. The van der Waals surface area contributed by atoms with E-state index in [1.807, 2.05) is 31.2 Å². The van der Waals surface area contributed by atoms with Crippen molar-refractivity contribution in [3.63, 3.8) is 0 Å². The van der Waals surface area contributed by atoms with Gasteiger partial charge in [0.1, 0.15) is 11.2 Å². The van der Waals surface area contributed by atoms with Gasteiger partial charge in [-0.05, 0) is 42.3 Å². The molecule has 182 valence electrons. The fraction of sp³-hybridized carbons (Fsp3) is 0.111. The minimum atomic E-state index is -0.485. The monoisotopic (exact) mass is 492 g/mol. The summed E-state index contributed by atoms with van der Waals surface area (Å²) in [5, 5.41) is 10.5. The molecular weight excluding hydrogens is 471 g/mol. The Balaban J connectivity index is 1.43. The highest BCUT2D eigenvalue weighted by Crippen LogP contribution is 2.34. The van der Waals surface area contributed by atoms with Crippen molar-refractivity contribution >= 4 is 33.7 Å². The van der Waals surface area contributed by atoms with Crippen LogP contribution in [0.15, 0.2) is 67.4 Å². The second-order valence-corrected chi connectivity index (χ2v) is 8.60. The number of pyridine rings is 3. The van der Waals surface area contributed by atoms with E-state index in [1.165, 1.54) is 6.07 Å². The average Bonchev–Trinajstić information content (AvgIpc) is 3.54. The number of amides is 1. The Morgan fingerprint density at radius 3 is 2.76 bits per heavy atom. The summed E-state index contributed by atoms with van der Waals surface area (Å²) in [6.45, 7) is 1.94. The van der Waals surface area contributed by atoms with Crippen LogP contribution in [0.5, 0.6) is 0 Å². The van der Waals surface area contributed by atoms with E-state index in [2.05, 4.69) is 40.4 Å². The summed E-state index contributed by atoms with van der Waals surface area (Å²) in [6, 6.07) is 10.7. The first kappa shape index (κ1) is 22.5. The number of rotatable bonds is 6. The Morgan fingerprint density at radius 2 is 1.92 bits per heavy atom. The third kappa shape index (κ3) is 4.18. The molecule has 1 aromatic carbocycles. The van der Waals surface area contributed by atoms with E-state index in [4.69, 9.17) is 0 Å². The van der Waals surface area contributed by atoms with Gasteiger partial charge in [-0.1, -0.05) is 13.0 Å². The zero-order valence-corrected chi connectivity index (χ0v) is 19.8. The highest BCUT2D eigenvalue weighted by atomic mass is 19.1. The van der Waals surface area contributed by atoms with Crippen LogP contribution in [0.1, 0.15) is 19.8 Å². The van der Waals surface area contributed by atoms with Gasteiger partial charge in [0.15, 0.2) is 17.3 Å². The van der Waals surface area contributed by atoms with Gasteiger partial charge >= 0.3 is 0 Å². The number of halogens is 1. The van der Waals surface area contributed by atoms with Crippen LogP contribution in [0.4, 0.5) is 10.1 Å². The number of carbonyl (C=O) groups is 1. The average molecular weight is 493 g/mol. The van der Waals surface area contributed by atoms with Gasteiger partial charge < -0.3 is 10.3 Å². The number of imidazole rings is 1. The molecule has 3 N–H and O–H groups in total. The number of hydrogen-bond acceptors (Lipinski definition) is 6. The minimum Gasteiger partial charge on any atom is -0.335 e. The number of H-pyrrole nitrogens is 2. The van der Waals surface area contributed by atoms with Gasteiger partial charge in [-0.15, -0.1) is 0 Å². The highest BCUT2D eigenvalue weighted by molar-refractivity contribution is 5.98. The summed E-state index contributed by atoms with van der Waals surface area (Å²) >= 11 is 0. The van der Waals surface area contributed by atoms with Gasteiger partial charge in [-0.25, -0.2) is 14.4 Å². The molecule has 0 saturated carbocycles. The molecule has 0 aliphatic heterocycles. The number of nitrogens with one attached hydrogen (secondary N) is 3. The standard InChI is InChI=1S/C27H21FN8O/c1-2-4-22(37)32-18-9-17(13-30-14-18)16-10-20-23(21(28)11-16)35-36-25(20)27-33-24-19(6-8-31-26(24)34-27)15-5-3-7-29-12-15/h3,5-14H,2,4H2,1H3,(H,32,37)(H,35,36)(H,31,33,34). The van der Waals surface area contributed by atoms with Gasteiger partial charge in [0.2, 0.25) is 5.91 Å². The van der Waals surface area contributed by atoms with Crippen LogP contribution in [0.3, 0.4) is 0 Å². The molecule has 37 heavy (non-hydrogen) atoms. The van der Waals surface area contributed by atoms with Crippen LogP contribution < -0.4 is 5.32 Å². The third-order valence-electron chi connectivity index (χ3n) is 6.05. The molecule has 0 saturated heterocycles. The van der Waals surface area contributed by atoms with Crippen LogP contribution in [0.25, 0.3) is 55.8 Å². The van der Waals surface area contributed by atoms with Crippen molar-refractivity contribution in [2.45, 2.75) is 19.8 Å². The minimum absolute atomic E-state index is 0.0932. The molecule has 10 heteroatoms. The Kier molecular flexibility index (Phi) is 5.61. The molecule has 0 fully saturated rings. The number of anilines is 1. The van der Waals surface area contributed by atoms with Crippen molar-refractivity contribution in [2.75, 3.05) is 5.32 Å². The van der Waals surface area contributed by atoms with Crippen molar-refractivity contribution in [2.24, 2.45) is 0 Å². The van der Waals surface area contributed by atoms with Crippen molar-refractivity contribution in [1.82, 2.24) is 35.1 Å². The molecule has 0 spiro atoms. The first-order chi connectivity index (χ1) is 18.1. The number of benzene rings is 1. The van der Waals surface area contributed by atoms with Gasteiger partial charge in [0.25, 0.3) is 0 Å². The maximum Gasteiger partial charge on any atom is 0.224 e. The van der Waals surface area contributed by atoms with E-state index < -0.39 is 5.82 Å². The second-order valence-electron chi connectivity index (χ2n) is 8.60. The number of aromatic amines is 2. The molecule has 1 amide bonds. The molecule has 0 bridgehead atoms. The zero-order chi connectivity index (χ0) is 25.4. The fourth-order valence-corrected chi connectivity index (χ4v) is 4.33. The topological polar surface area (TPSA) is 125 Å². The molecule has 6 aromatic rings. The summed E-state index contributed by atoms with van der Waals surface area (Å²) in [4.78, 5) is 32.8. The first-order valence-corrected chi connectivity index (χ1v) is 11.8. The van der Waals surface area contributed by atoms with E-state index in [9.17, 15) is 4.79 Å². The second kappa shape index (κ2) is 9.23. The normalized spacial score (nSPS) is 11.3. The number of aromatic nitrogens is 7. The lowest BCUT2D eigenvalue weighted by atomic mass is 10.0. The van der Waals surface area contributed by atoms with Crippen LogP contribution in [0.2, 0.25) is 0 Å². The van der Waals surface area contributed by atoms with Gasteiger partial charge in [-0.2, -0.15) is 5.10 Å². The summed E-state index contributed by atoms with van der Waals surface area (Å²) in [5.74, 6) is -0.0957. The smallest absolute Gasteiger partial charge is 0.224 e. The number of hydrogen-bond donors (Lipinski definition) is 3. The summed E-state index contributed by atoms with van der Waals surface area (Å²) < 4.78 is 15.1. The molecule has 0 aliphatic rings. The van der Waals surface area contributed by atoms with Crippen LogP contribution >= 0.6 is 0 Å². The van der Waals surface area contributed by atoms with E-state index in [0.29, 0.717) is 45.8 Å². The lowest BCUT2D eigenvalue weighted by molar-refractivity contribution is -0.116. The van der Waals surface area contributed by atoms with Gasteiger partial charge in [0.05, 0.1) is 17.4 Å². The predicted molar refractivity (Wildman–Crippen MR) is 139 cm³/mol. The van der Waals surface area contributed by atoms with Gasteiger partial charge in [-0.3, -0.25) is 19.9 Å². The predicted octanol–water partition coefficient (Wildman–Crippen LogP) is 5.50. The lowest BCUT2D eigenvalue weighted by Gasteiger charge is -2.07. The van der Waals surface area contributed by atoms with Crippen LogP contribution in [-0.4, -0.2) is 41.0 Å². The van der Waals surface area contributed by atoms with E-state index in [1.54, 1.807) is 37.1 Å². The summed E-state index contributed by atoms with van der Waals surface area (Å²) in [6.07, 6.45) is 9.53. The molecular formula is C27H21FN8O. The molecule has 0 atom stereocenters. The van der Waals surface area contributed by atoms with Crippen LogP contribution in [0, 0.1) is 5.82 Å². The Bertz CT molecular complexity index is 1760. The maximum absolute atomic E-state index is 15.1. The third-order valence-corrected chi connectivity index (χ3v) is 6.05. The SMILES string of the molecule is CCCC(=O)Nc1cncc(-c2cc(F)c3n[nH]c(-c4nc5nccc(-c6cccnc6)c5[nH]4)c3c2)c1. The summed E-state index contributed by atoms with van der Waals surface area (Å²) in [7, 11) is 0. The van der Waals surface area contributed by atoms with Gasteiger partial charge in [0, 0.05) is 53.3 Å². The van der Waals surface area contributed by atoms with Crippen molar-refractivity contribution in [3.05, 3.63) is 73.2 Å². The highest BCUT2D eigenvalue weighted by Gasteiger charge is 2.18. The Labute approximate surface area is 210 Å². The van der Waals surface area contributed by atoms with Crippen molar-refractivity contribution < 1.29 is 9.18 Å². The quantitative estimate of drug-likeness (QED) is 0.282. The molecule has 0 aliphatic carbocycles. The number of fused-ring (bicyclic) bond motifs is 2. The summed E-state index contributed by atoms with van der Waals surface area (Å²) in [5.41, 5.74) is 5.62. The maximum atomic E-state index is 15.1. The van der Waals surface area contributed by atoms with E-state index >= 15 is 4.39 Å². The zero-order valence-electron chi connectivity index (χ0n) is 19.8. The molecule has 5 heterocycles. The lowest BCUT2D eigenvalue weighted by Crippen LogP contribution is -2.10. The Hall–Kier alpha value is -4.99. The molecule has 6 rings (SSSR count). The Morgan fingerprint density at radius 1 is 1.03 bits per heavy atom. The first-order valence-electron chi connectivity index (χ1n) is 11.8. The number of carbonyl (C=O) groups excluding carboxylic acids is 1. The van der Waals surface area contributed by atoms with Crippen molar-refractivity contribution in [3.8, 4) is 33.8 Å². The fourth-order valence-electron chi connectivity index (χ4n) is 4.33. The van der Waals surface area contributed by atoms with E-state index in [0.717, 1.165) is 23.1 Å².